The summed E-state index contributed by atoms with van der Waals surface area (Å²) in [6.45, 7) is 3.78. The van der Waals surface area contributed by atoms with Gasteiger partial charge in [0.2, 0.25) is 18.0 Å². The number of amides is 2. The first-order valence-electron chi connectivity index (χ1n) is 11.2. The van der Waals surface area contributed by atoms with Crippen LogP contribution in [0.1, 0.15) is 12.8 Å². The van der Waals surface area contributed by atoms with E-state index in [2.05, 4.69) is 14.9 Å². The Morgan fingerprint density at radius 3 is 2.31 bits per heavy atom. The van der Waals surface area contributed by atoms with Gasteiger partial charge in [0.25, 0.3) is 5.91 Å². The van der Waals surface area contributed by atoms with Crippen molar-refractivity contribution >= 4 is 17.8 Å². The first-order valence-corrected chi connectivity index (χ1v) is 11.2. The van der Waals surface area contributed by atoms with Crippen molar-refractivity contribution in [2.24, 2.45) is 5.92 Å². The summed E-state index contributed by atoms with van der Waals surface area (Å²) in [6.07, 6.45) is 4.61. The predicted octanol–water partition coefficient (Wildman–Crippen LogP) is 1.20. The van der Waals surface area contributed by atoms with E-state index in [4.69, 9.17) is 9.47 Å². The molecule has 0 radical (unpaired) electrons. The molecule has 2 saturated heterocycles. The van der Waals surface area contributed by atoms with E-state index in [1.165, 1.54) is 0 Å². The maximum absolute atomic E-state index is 13.2. The second kappa shape index (κ2) is 9.02. The molecule has 0 bridgehead atoms. The molecule has 2 fully saturated rings. The molecule has 9 heteroatoms. The molecule has 3 aliphatic rings. The number of piperazine rings is 1. The van der Waals surface area contributed by atoms with Crippen LogP contribution in [0.3, 0.4) is 0 Å². The Balaban J connectivity index is 1.14. The molecule has 4 heterocycles. The molecule has 0 N–H and O–H groups in total. The Morgan fingerprint density at radius 1 is 0.875 bits per heavy atom. The van der Waals surface area contributed by atoms with E-state index in [0.29, 0.717) is 50.2 Å². The number of carbonyl (C=O) groups excluding carboxylic acids is 2. The molecule has 1 aromatic heterocycles. The molecule has 9 nitrogen and oxygen atoms in total. The van der Waals surface area contributed by atoms with E-state index in [1.54, 1.807) is 29.4 Å². The summed E-state index contributed by atoms with van der Waals surface area (Å²) in [5, 5.41) is 0. The summed E-state index contributed by atoms with van der Waals surface area (Å²) in [5.74, 6) is 1.93. The van der Waals surface area contributed by atoms with Gasteiger partial charge in [-0.05, 0) is 31.0 Å². The van der Waals surface area contributed by atoms with Crippen LogP contribution in [0.15, 0.2) is 42.7 Å². The number of anilines is 1. The van der Waals surface area contributed by atoms with Crippen molar-refractivity contribution < 1.29 is 19.1 Å². The number of hydrogen-bond donors (Lipinski definition) is 0. The molecule has 2 atom stereocenters. The van der Waals surface area contributed by atoms with Crippen molar-refractivity contribution in [3.05, 3.63) is 42.7 Å². The molecule has 5 rings (SSSR count). The Bertz CT molecular complexity index is 964. The van der Waals surface area contributed by atoms with Crippen LogP contribution in [-0.4, -0.2) is 83.6 Å². The van der Waals surface area contributed by atoms with Gasteiger partial charge in [0.05, 0.1) is 5.92 Å². The summed E-state index contributed by atoms with van der Waals surface area (Å²) in [5.41, 5.74) is 0. The quantitative estimate of drug-likeness (QED) is 0.713. The van der Waals surface area contributed by atoms with Gasteiger partial charge in [-0.1, -0.05) is 12.1 Å². The Morgan fingerprint density at radius 2 is 1.56 bits per heavy atom. The molecule has 1 aromatic carbocycles. The van der Waals surface area contributed by atoms with Crippen molar-refractivity contribution in [2.75, 3.05) is 50.8 Å². The van der Waals surface area contributed by atoms with Crippen molar-refractivity contribution in [3.8, 4) is 11.5 Å². The lowest BCUT2D eigenvalue weighted by Crippen LogP contribution is -2.56. The van der Waals surface area contributed by atoms with Gasteiger partial charge in [0, 0.05) is 51.7 Å². The van der Waals surface area contributed by atoms with Crippen molar-refractivity contribution in [2.45, 2.75) is 18.9 Å². The van der Waals surface area contributed by atoms with E-state index in [9.17, 15) is 9.59 Å². The second-order valence-corrected chi connectivity index (χ2v) is 8.35. The molecule has 3 aliphatic heterocycles. The minimum atomic E-state index is -0.648. The van der Waals surface area contributed by atoms with Crippen LogP contribution in [0.5, 0.6) is 11.5 Å². The molecule has 0 spiro atoms. The molecular formula is C23H27N5O4. The minimum Gasteiger partial charge on any atom is -0.485 e. The second-order valence-electron chi connectivity index (χ2n) is 8.35. The summed E-state index contributed by atoms with van der Waals surface area (Å²) in [7, 11) is 0. The number of ether oxygens (including phenoxy) is 2. The highest BCUT2D eigenvalue weighted by molar-refractivity contribution is 5.83. The first-order chi connectivity index (χ1) is 15.7. The van der Waals surface area contributed by atoms with Crippen LogP contribution < -0.4 is 14.4 Å². The first kappa shape index (κ1) is 20.5. The van der Waals surface area contributed by atoms with Crippen LogP contribution in [0.4, 0.5) is 5.95 Å². The van der Waals surface area contributed by atoms with Gasteiger partial charge in [-0.25, -0.2) is 9.97 Å². The highest BCUT2D eigenvalue weighted by Crippen LogP contribution is 2.31. The third kappa shape index (κ3) is 4.19. The Labute approximate surface area is 186 Å². The van der Waals surface area contributed by atoms with Gasteiger partial charge in [0.15, 0.2) is 11.5 Å². The molecular weight excluding hydrogens is 410 g/mol. The van der Waals surface area contributed by atoms with Crippen molar-refractivity contribution in [1.29, 1.82) is 0 Å². The zero-order chi connectivity index (χ0) is 21.9. The van der Waals surface area contributed by atoms with Crippen LogP contribution in [0, 0.1) is 5.92 Å². The molecule has 0 saturated carbocycles. The molecule has 32 heavy (non-hydrogen) atoms. The monoisotopic (exact) mass is 437 g/mol. The number of rotatable bonds is 3. The molecule has 0 unspecified atom stereocenters. The minimum absolute atomic E-state index is 0.0682. The van der Waals surface area contributed by atoms with Gasteiger partial charge in [-0.2, -0.15) is 0 Å². The Hall–Kier alpha value is -3.36. The number of nitrogens with zero attached hydrogens (tertiary/aromatic N) is 5. The summed E-state index contributed by atoms with van der Waals surface area (Å²) in [4.78, 5) is 40.5. The zero-order valence-electron chi connectivity index (χ0n) is 17.9. The van der Waals surface area contributed by atoms with Crippen LogP contribution >= 0.6 is 0 Å². The predicted molar refractivity (Wildman–Crippen MR) is 116 cm³/mol. The van der Waals surface area contributed by atoms with Gasteiger partial charge >= 0.3 is 0 Å². The fourth-order valence-electron chi connectivity index (χ4n) is 4.57. The van der Waals surface area contributed by atoms with Crippen molar-refractivity contribution in [1.82, 2.24) is 19.8 Å². The highest BCUT2D eigenvalue weighted by atomic mass is 16.6. The van der Waals surface area contributed by atoms with E-state index in [0.717, 1.165) is 19.4 Å². The van der Waals surface area contributed by atoms with Crippen LogP contribution in [0.2, 0.25) is 0 Å². The van der Waals surface area contributed by atoms with E-state index in [-0.39, 0.29) is 24.3 Å². The lowest BCUT2D eigenvalue weighted by Gasteiger charge is -2.40. The maximum atomic E-state index is 13.2. The SMILES string of the molecule is O=C([C@H]1CCCN(c2ncccn2)C1)N1CCN(C(=O)[C@@H]2COc3ccccc3O2)CC1. The third-order valence-corrected chi connectivity index (χ3v) is 6.29. The fraction of sp³-hybridized carbons (Fsp3) is 0.478. The van der Waals surface area contributed by atoms with Crippen molar-refractivity contribution in [3.63, 3.8) is 0 Å². The number of carbonyl (C=O) groups is 2. The van der Waals surface area contributed by atoms with Crippen LogP contribution in [0.25, 0.3) is 0 Å². The van der Waals surface area contributed by atoms with Crippen LogP contribution in [-0.2, 0) is 9.59 Å². The largest absolute Gasteiger partial charge is 0.485 e. The third-order valence-electron chi connectivity index (χ3n) is 6.29. The smallest absolute Gasteiger partial charge is 0.267 e. The number of piperidine rings is 1. The normalized spacial score (nSPS) is 23.1. The summed E-state index contributed by atoms with van der Waals surface area (Å²) < 4.78 is 11.5. The van der Waals surface area contributed by atoms with Gasteiger partial charge in [-0.3, -0.25) is 9.59 Å². The Kier molecular flexibility index (Phi) is 5.79. The summed E-state index contributed by atoms with van der Waals surface area (Å²) in [6, 6.07) is 9.16. The zero-order valence-corrected chi connectivity index (χ0v) is 17.9. The molecule has 2 amide bonds. The number of hydrogen-bond acceptors (Lipinski definition) is 7. The van der Waals surface area contributed by atoms with Gasteiger partial charge < -0.3 is 24.2 Å². The van der Waals surface area contributed by atoms with E-state index >= 15 is 0 Å². The lowest BCUT2D eigenvalue weighted by molar-refractivity contribution is -0.147. The number of para-hydroxylation sites is 2. The summed E-state index contributed by atoms with van der Waals surface area (Å²) >= 11 is 0. The van der Waals surface area contributed by atoms with E-state index in [1.807, 2.05) is 23.1 Å². The number of fused-ring (bicyclic) bond motifs is 1. The molecule has 2 aromatic rings. The number of benzene rings is 1. The molecule has 168 valence electrons. The topological polar surface area (TPSA) is 88.1 Å². The van der Waals surface area contributed by atoms with E-state index < -0.39 is 6.10 Å². The maximum Gasteiger partial charge on any atom is 0.267 e. The highest BCUT2D eigenvalue weighted by Gasteiger charge is 2.35. The lowest BCUT2D eigenvalue weighted by atomic mass is 9.96. The number of aromatic nitrogens is 2. The fourth-order valence-corrected chi connectivity index (χ4v) is 4.57. The standard InChI is InChI=1S/C23H27N5O4/c29-21(17-5-3-10-28(15-17)23-24-8-4-9-25-23)26-11-13-27(14-12-26)22(30)20-16-31-18-6-1-2-7-19(18)32-20/h1-2,4,6-9,17,20H,3,5,10-16H2/t17-,20-/m0/s1. The van der Waals surface area contributed by atoms with Gasteiger partial charge in [-0.15, -0.1) is 0 Å². The van der Waals surface area contributed by atoms with Gasteiger partial charge in [0.1, 0.15) is 6.61 Å². The molecule has 0 aliphatic carbocycles. The average molecular weight is 438 g/mol. The average Bonchev–Trinajstić information content (AvgIpc) is 2.88.